The average molecular weight is 192 g/mol. The molecule has 76 valence electrons. The Labute approximate surface area is 84.7 Å². The van der Waals surface area contributed by atoms with E-state index < -0.39 is 0 Å². The molecule has 1 amide bonds. The van der Waals surface area contributed by atoms with Crippen LogP contribution in [0.15, 0.2) is 0 Å². The smallest absolute Gasteiger partial charge is 0.236 e. The maximum Gasteiger partial charge on any atom is 0.236 e. The minimum atomic E-state index is 0.0227. The predicted molar refractivity (Wildman–Crippen MR) is 52.2 cm³/mol. The first-order chi connectivity index (χ1) is 6.70. The highest BCUT2D eigenvalue weighted by atomic mass is 16.2. The maximum atomic E-state index is 11.5. The molecule has 1 aliphatic heterocycles. The fraction of sp³-hybridized carbons (Fsp3) is 0.818. The number of rotatable bonds is 1. The Morgan fingerprint density at radius 3 is 2.50 bits per heavy atom. The summed E-state index contributed by atoms with van der Waals surface area (Å²) in [7, 11) is 0. The van der Waals surface area contributed by atoms with Gasteiger partial charge in [0.2, 0.25) is 5.91 Å². The van der Waals surface area contributed by atoms with Gasteiger partial charge in [-0.2, -0.15) is 5.26 Å². The Morgan fingerprint density at radius 2 is 2.00 bits per heavy atom. The van der Waals surface area contributed by atoms with Crippen molar-refractivity contribution in [1.29, 1.82) is 5.26 Å². The summed E-state index contributed by atoms with van der Waals surface area (Å²) in [4.78, 5) is 13.3. The topological polar surface area (TPSA) is 44.1 Å². The molecular weight excluding hydrogens is 176 g/mol. The molecular formula is C11H16N2O. The highest BCUT2D eigenvalue weighted by molar-refractivity contribution is 5.78. The summed E-state index contributed by atoms with van der Waals surface area (Å²) in [6, 6.07) is 1.93. The Morgan fingerprint density at radius 1 is 1.43 bits per heavy atom. The van der Waals surface area contributed by atoms with Crippen molar-refractivity contribution in [2.75, 3.05) is 13.1 Å². The normalized spacial score (nSPS) is 35.4. The van der Waals surface area contributed by atoms with Gasteiger partial charge in [-0.25, -0.2) is 0 Å². The lowest BCUT2D eigenvalue weighted by atomic mass is 10.0. The van der Waals surface area contributed by atoms with Gasteiger partial charge in [-0.1, -0.05) is 6.92 Å². The summed E-state index contributed by atoms with van der Waals surface area (Å²) in [6.45, 7) is 4.09. The van der Waals surface area contributed by atoms with Crippen molar-refractivity contribution < 1.29 is 4.79 Å². The first-order valence-corrected chi connectivity index (χ1v) is 5.35. The van der Waals surface area contributed by atoms with Crippen molar-refractivity contribution in [2.45, 2.75) is 26.2 Å². The minimum absolute atomic E-state index is 0.0227. The lowest BCUT2D eigenvalue weighted by molar-refractivity contribution is -0.129. The summed E-state index contributed by atoms with van der Waals surface area (Å²) >= 11 is 0. The van der Waals surface area contributed by atoms with Gasteiger partial charge >= 0.3 is 0 Å². The molecule has 0 bridgehead atoms. The number of carbonyl (C=O) groups excluding carboxylic acids is 1. The number of amides is 1. The number of nitriles is 1. The van der Waals surface area contributed by atoms with Gasteiger partial charge < -0.3 is 4.90 Å². The van der Waals surface area contributed by atoms with E-state index in [2.05, 4.69) is 6.92 Å². The van der Waals surface area contributed by atoms with Crippen molar-refractivity contribution >= 4 is 5.91 Å². The molecule has 3 heteroatoms. The molecule has 3 atom stereocenters. The molecule has 2 rings (SSSR count). The molecule has 0 aromatic heterocycles. The van der Waals surface area contributed by atoms with E-state index >= 15 is 0 Å². The summed E-state index contributed by atoms with van der Waals surface area (Å²) in [5, 5.41) is 8.44. The van der Waals surface area contributed by atoms with Crippen LogP contribution in [0.2, 0.25) is 0 Å². The summed E-state index contributed by atoms with van der Waals surface area (Å²) < 4.78 is 0. The molecule has 1 saturated heterocycles. The van der Waals surface area contributed by atoms with Gasteiger partial charge in [-0.15, -0.1) is 0 Å². The summed E-state index contributed by atoms with van der Waals surface area (Å²) in [5.74, 6) is 2.29. The van der Waals surface area contributed by atoms with Gasteiger partial charge in [0.1, 0.15) is 6.42 Å². The van der Waals surface area contributed by atoms with Crippen LogP contribution in [0.5, 0.6) is 0 Å². The van der Waals surface area contributed by atoms with Crippen LogP contribution in [0.25, 0.3) is 0 Å². The Kier molecular flexibility index (Phi) is 2.45. The zero-order chi connectivity index (χ0) is 10.1. The molecule has 0 aromatic carbocycles. The standard InChI is InChI=1S/C11H16N2O/c1-8-4-9-6-13(7-10(9)5-8)11(14)2-3-12/h8-10H,2,4-7H2,1H3/t8?,9-,10+. The van der Waals surface area contributed by atoms with Crippen molar-refractivity contribution in [3.63, 3.8) is 0 Å². The maximum absolute atomic E-state index is 11.5. The number of fused-ring (bicyclic) bond motifs is 1. The molecule has 0 aromatic rings. The van der Waals surface area contributed by atoms with Crippen molar-refractivity contribution in [3.8, 4) is 6.07 Å². The molecule has 1 heterocycles. The Hall–Kier alpha value is -1.04. The number of hydrogen-bond acceptors (Lipinski definition) is 2. The van der Waals surface area contributed by atoms with E-state index in [4.69, 9.17) is 5.26 Å². The van der Waals surface area contributed by atoms with Crippen molar-refractivity contribution in [2.24, 2.45) is 17.8 Å². The van der Waals surface area contributed by atoms with Crippen LogP contribution in [0.3, 0.4) is 0 Å². The molecule has 2 fully saturated rings. The molecule has 1 saturated carbocycles. The molecule has 1 unspecified atom stereocenters. The third-order valence-corrected chi connectivity index (χ3v) is 3.57. The quantitative estimate of drug-likeness (QED) is 0.630. The third-order valence-electron chi connectivity index (χ3n) is 3.57. The van der Waals surface area contributed by atoms with E-state index in [-0.39, 0.29) is 12.3 Å². The number of likely N-dealkylation sites (tertiary alicyclic amines) is 1. The lowest BCUT2D eigenvalue weighted by Gasteiger charge is -2.16. The molecule has 0 spiro atoms. The van der Waals surface area contributed by atoms with Crippen LogP contribution in [0, 0.1) is 29.1 Å². The average Bonchev–Trinajstić information content (AvgIpc) is 2.61. The second kappa shape index (κ2) is 3.61. The van der Waals surface area contributed by atoms with Gasteiger partial charge in [0.05, 0.1) is 6.07 Å². The first kappa shape index (κ1) is 9.51. The van der Waals surface area contributed by atoms with E-state index in [1.54, 1.807) is 0 Å². The SMILES string of the molecule is CC1C[C@@H]2CN(C(=O)CC#N)C[C@@H]2C1. The summed E-state index contributed by atoms with van der Waals surface area (Å²) in [5.41, 5.74) is 0. The molecule has 0 N–H and O–H groups in total. The van der Waals surface area contributed by atoms with Gasteiger partial charge in [-0.3, -0.25) is 4.79 Å². The third kappa shape index (κ3) is 1.61. The van der Waals surface area contributed by atoms with E-state index in [0.717, 1.165) is 19.0 Å². The molecule has 1 aliphatic carbocycles. The fourth-order valence-corrected chi connectivity index (χ4v) is 2.99. The van der Waals surface area contributed by atoms with E-state index in [0.29, 0.717) is 11.8 Å². The van der Waals surface area contributed by atoms with E-state index in [1.165, 1.54) is 12.8 Å². The zero-order valence-corrected chi connectivity index (χ0v) is 8.57. The largest absolute Gasteiger partial charge is 0.341 e. The van der Waals surface area contributed by atoms with Crippen LogP contribution < -0.4 is 0 Å². The van der Waals surface area contributed by atoms with Crippen molar-refractivity contribution in [1.82, 2.24) is 4.90 Å². The van der Waals surface area contributed by atoms with E-state index in [9.17, 15) is 4.79 Å². The molecule has 0 radical (unpaired) electrons. The van der Waals surface area contributed by atoms with Crippen molar-refractivity contribution in [3.05, 3.63) is 0 Å². The molecule has 3 nitrogen and oxygen atoms in total. The van der Waals surface area contributed by atoms with Crippen LogP contribution in [-0.4, -0.2) is 23.9 Å². The fourth-order valence-electron chi connectivity index (χ4n) is 2.99. The second-order valence-electron chi connectivity index (χ2n) is 4.73. The van der Waals surface area contributed by atoms with Crippen LogP contribution >= 0.6 is 0 Å². The second-order valence-corrected chi connectivity index (χ2v) is 4.73. The van der Waals surface area contributed by atoms with E-state index in [1.807, 2.05) is 11.0 Å². The summed E-state index contributed by atoms with van der Waals surface area (Å²) in [6.07, 6.45) is 2.58. The lowest BCUT2D eigenvalue weighted by Crippen LogP contribution is -2.29. The first-order valence-electron chi connectivity index (χ1n) is 5.35. The highest BCUT2D eigenvalue weighted by Crippen LogP contribution is 2.41. The van der Waals surface area contributed by atoms with Gasteiger partial charge in [0.15, 0.2) is 0 Å². The van der Waals surface area contributed by atoms with Gasteiger partial charge in [0, 0.05) is 13.1 Å². The van der Waals surface area contributed by atoms with Crippen LogP contribution in [0.4, 0.5) is 0 Å². The number of carbonyl (C=O) groups is 1. The van der Waals surface area contributed by atoms with Crippen LogP contribution in [-0.2, 0) is 4.79 Å². The predicted octanol–water partition coefficient (Wildman–Crippen LogP) is 1.40. The Bertz CT molecular complexity index is 268. The van der Waals surface area contributed by atoms with Crippen LogP contribution in [0.1, 0.15) is 26.2 Å². The van der Waals surface area contributed by atoms with Gasteiger partial charge in [-0.05, 0) is 30.6 Å². The Balaban J connectivity index is 1.91. The number of nitrogens with zero attached hydrogens (tertiary/aromatic N) is 2. The molecule has 14 heavy (non-hydrogen) atoms. The number of hydrogen-bond donors (Lipinski definition) is 0. The monoisotopic (exact) mass is 192 g/mol. The zero-order valence-electron chi connectivity index (χ0n) is 8.57. The highest BCUT2D eigenvalue weighted by Gasteiger charge is 2.40. The van der Waals surface area contributed by atoms with Gasteiger partial charge in [0.25, 0.3) is 0 Å². The molecule has 2 aliphatic rings. The minimum Gasteiger partial charge on any atom is -0.341 e.